The predicted octanol–water partition coefficient (Wildman–Crippen LogP) is 3.59. The number of aryl methyl sites for hydroxylation is 1. The minimum Gasteiger partial charge on any atom is -0.352 e. The minimum atomic E-state index is -0.276. The quantitative estimate of drug-likeness (QED) is 0.616. The van der Waals surface area contributed by atoms with Crippen LogP contribution in [0.3, 0.4) is 0 Å². The van der Waals surface area contributed by atoms with Gasteiger partial charge in [0.1, 0.15) is 5.82 Å². The summed E-state index contributed by atoms with van der Waals surface area (Å²) in [7, 11) is 0. The van der Waals surface area contributed by atoms with Gasteiger partial charge >= 0.3 is 0 Å². The summed E-state index contributed by atoms with van der Waals surface area (Å²) in [5.74, 6) is -0.648. The van der Waals surface area contributed by atoms with E-state index in [2.05, 4.69) is 10.6 Å². The summed E-state index contributed by atoms with van der Waals surface area (Å²) in [5, 5.41) is 5.83. The lowest BCUT2D eigenvalue weighted by Gasteiger charge is -2.30. The number of rotatable bonds is 7. The van der Waals surface area contributed by atoms with Gasteiger partial charge in [0.25, 0.3) is 5.91 Å². The third-order valence-electron chi connectivity index (χ3n) is 6.38. The van der Waals surface area contributed by atoms with Crippen LogP contribution in [0.4, 0.5) is 4.39 Å². The molecule has 2 N–H and O–H groups in total. The molecule has 178 valence electrons. The van der Waals surface area contributed by atoms with E-state index in [1.54, 1.807) is 36.1 Å². The Morgan fingerprint density at radius 1 is 1.03 bits per heavy atom. The van der Waals surface area contributed by atoms with E-state index < -0.39 is 0 Å². The molecule has 0 atom stereocenters. The van der Waals surface area contributed by atoms with Crippen molar-refractivity contribution in [3.8, 4) is 0 Å². The first-order chi connectivity index (χ1) is 16.4. The number of hydrogen-bond donors (Lipinski definition) is 2. The molecule has 4 rings (SSSR count). The van der Waals surface area contributed by atoms with Crippen molar-refractivity contribution < 1.29 is 18.8 Å². The molecular weight excluding hydrogens is 433 g/mol. The SMILES string of the molecule is Cc1ccc(CNC(=O)C2CCN(C(=O)C=Cc3ccc(C(=O)NC4CC4)cc3)CC2)cc1F. The van der Waals surface area contributed by atoms with E-state index in [0.29, 0.717) is 49.6 Å². The highest BCUT2D eigenvalue weighted by atomic mass is 19.1. The summed E-state index contributed by atoms with van der Waals surface area (Å²) in [6, 6.07) is 12.4. The third-order valence-corrected chi connectivity index (χ3v) is 6.38. The molecule has 2 aromatic rings. The Kier molecular flexibility index (Phi) is 7.40. The molecule has 0 spiro atoms. The second kappa shape index (κ2) is 10.6. The molecule has 0 unspecified atom stereocenters. The van der Waals surface area contributed by atoms with Crippen molar-refractivity contribution >= 4 is 23.8 Å². The van der Waals surface area contributed by atoms with E-state index in [4.69, 9.17) is 0 Å². The van der Waals surface area contributed by atoms with Crippen LogP contribution < -0.4 is 10.6 Å². The highest BCUT2D eigenvalue weighted by molar-refractivity contribution is 5.95. The maximum Gasteiger partial charge on any atom is 0.251 e. The highest BCUT2D eigenvalue weighted by Gasteiger charge is 2.26. The van der Waals surface area contributed by atoms with Gasteiger partial charge in [-0.05, 0) is 73.6 Å². The lowest BCUT2D eigenvalue weighted by molar-refractivity contribution is -0.132. The van der Waals surface area contributed by atoms with Crippen molar-refractivity contribution in [3.63, 3.8) is 0 Å². The predicted molar refractivity (Wildman–Crippen MR) is 128 cm³/mol. The molecule has 2 fully saturated rings. The molecule has 0 aromatic heterocycles. The highest BCUT2D eigenvalue weighted by Crippen LogP contribution is 2.20. The van der Waals surface area contributed by atoms with E-state index in [1.807, 2.05) is 18.2 Å². The first-order valence-electron chi connectivity index (χ1n) is 11.8. The molecule has 3 amide bonds. The molecule has 1 aliphatic carbocycles. The van der Waals surface area contributed by atoms with Gasteiger partial charge in [0.2, 0.25) is 11.8 Å². The fourth-order valence-electron chi connectivity index (χ4n) is 3.96. The summed E-state index contributed by atoms with van der Waals surface area (Å²) < 4.78 is 13.7. The lowest BCUT2D eigenvalue weighted by Crippen LogP contribution is -2.42. The molecule has 1 saturated carbocycles. The number of benzene rings is 2. The number of nitrogens with one attached hydrogen (secondary N) is 2. The van der Waals surface area contributed by atoms with E-state index in [1.165, 1.54) is 12.1 Å². The average molecular weight is 464 g/mol. The molecule has 34 heavy (non-hydrogen) atoms. The van der Waals surface area contributed by atoms with Crippen molar-refractivity contribution in [3.05, 3.63) is 76.6 Å². The number of amides is 3. The first-order valence-corrected chi connectivity index (χ1v) is 11.8. The van der Waals surface area contributed by atoms with Crippen LogP contribution in [0.2, 0.25) is 0 Å². The van der Waals surface area contributed by atoms with Crippen LogP contribution in [0.5, 0.6) is 0 Å². The number of hydrogen-bond acceptors (Lipinski definition) is 3. The number of piperidine rings is 1. The maximum atomic E-state index is 13.7. The summed E-state index contributed by atoms with van der Waals surface area (Å²) in [6.07, 6.45) is 6.56. The first kappa shape index (κ1) is 23.7. The molecule has 1 aliphatic heterocycles. The monoisotopic (exact) mass is 463 g/mol. The molecule has 2 aromatic carbocycles. The Labute approximate surface area is 199 Å². The molecule has 2 aliphatic rings. The van der Waals surface area contributed by atoms with Crippen LogP contribution >= 0.6 is 0 Å². The average Bonchev–Trinajstić information content (AvgIpc) is 3.67. The topological polar surface area (TPSA) is 78.5 Å². The number of carbonyl (C=O) groups excluding carboxylic acids is 3. The maximum absolute atomic E-state index is 13.7. The molecule has 0 bridgehead atoms. The molecule has 1 heterocycles. The van der Waals surface area contributed by atoms with Gasteiger partial charge in [-0.2, -0.15) is 0 Å². The zero-order chi connectivity index (χ0) is 24.1. The Morgan fingerprint density at radius 3 is 2.38 bits per heavy atom. The van der Waals surface area contributed by atoms with Crippen LogP contribution in [0.25, 0.3) is 6.08 Å². The van der Waals surface area contributed by atoms with Gasteiger partial charge in [-0.15, -0.1) is 0 Å². The number of nitrogens with zero attached hydrogens (tertiary/aromatic N) is 1. The number of likely N-dealkylation sites (tertiary alicyclic amines) is 1. The summed E-state index contributed by atoms with van der Waals surface area (Å²) >= 11 is 0. The van der Waals surface area contributed by atoms with Gasteiger partial charge in [-0.1, -0.05) is 24.3 Å². The third kappa shape index (κ3) is 6.31. The van der Waals surface area contributed by atoms with Gasteiger partial charge in [0.05, 0.1) is 0 Å². The van der Waals surface area contributed by atoms with E-state index in [-0.39, 0.29) is 29.5 Å². The van der Waals surface area contributed by atoms with E-state index in [0.717, 1.165) is 24.0 Å². The van der Waals surface area contributed by atoms with E-state index in [9.17, 15) is 18.8 Å². The van der Waals surface area contributed by atoms with Crippen molar-refractivity contribution in [1.82, 2.24) is 15.5 Å². The fraction of sp³-hybridized carbons (Fsp3) is 0.370. The summed E-state index contributed by atoms with van der Waals surface area (Å²) in [4.78, 5) is 38.9. The second-order valence-electron chi connectivity index (χ2n) is 9.10. The van der Waals surface area contributed by atoms with Crippen LogP contribution in [0.1, 0.15) is 52.7 Å². The Morgan fingerprint density at radius 2 is 1.74 bits per heavy atom. The van der Waals surface area contributed by atoms with E-state index >= 15 is 0 Å². The largest absolute Gasteiger partial charge is 0.352 e. The van der Waals surface area contributed by atoms with Crippen LogP contribution in [-0.4, -0.2) is 41.8 Å². The fourth-order valence-corrected chi connectivity index (χ4v) is 3.96. The van der Waals surface area contributed by atoms with Crippen LogP contribution in [0, 0.1) is 18.7 Å². The Balaban J connectivity index is 1.21. The van der Waals surface area contributed by atoms with Crippen molar-refractivity contribution in [1.29, 1.82) is 0 Å². The van der Waals surface area contributed by atoms with Gasteiger partial charge in [-0.3, -0.25) is 14.4 Å². The van der Waals surface area contributed by atoms with Crippen molar-refractivity contribution in [2.75, 3.05) is 13.1 Å². The smallest absolute Gasteiger partial charge is 0.251 e. The summed E-state index contributed by atoms with van der Waals surface area (Å²) in [5.41, 5.74) is 2.77. The summed E-state index contributed by atoms with van der Waals surface area (Å²) in [6.45, 7) is 3.02. The van der Waals surface area contributed by atoms with Gasteiger partial charge < -0.3 is 15.5 Å². The number of halogens is 1. The van der Waals surface area contributed by atoms with Crippen LogP contribution in [0.15, 0.2) is 48.5 Å². The van der Waals surface area contributed by atoms with Crippen LogP contribution in [-0.2, 0) is 16.1 Å². The molecule has 1 saturated heterocycles. The van der Waals surface area contributed by atoms with Gasteiger partial charge in [-0.25, -0.2) is 4.39 Å². The van der Waals surface area contributed by atoms with Gasteiger partial charge in [0.15, 0.2) is 0 Å². The normalized spacial score (nSPS) is 16.5. The Hall–Kier alpha value is -3.48. The van der Waals surface area contributed by atoms with Crippen molar-refractivity contribution in [2.24, 2.45) is 5.92 Å². The zero-order valence-electron chi connectivity index (χ0n) is 19.4. The molecule has 6 nitrogen and oxygen atoms in total. The molecule has 0 radical (unpaired) electrons. The number of carbonyl (C=O) groups is 3. The zero-order valence-corrected chi connectivity index (χ0v) is 19.4. The lowest BCUT2D eigenvalue weighted by atomic mass is 9.95. The minimum absolute atomic E-state index is 0.0607. The molecular formula is C27H30FN3O3. The van der Waals surface area contributed by atoms with Crippen molar-refractivity contribution in [2.45, 2.75) is 45.2 Å². The standard InChI is InChI=1S/C27H30FN3O3/c1-18-2-3-20(16-24(18)28)17-29-26(33)22-12-14-31(15-13-22)25(32)11-6-19-4-7-21(8-5-19)27(34)30-23-9-10-23/h2-8,11,16,22-23H,9-10,12-15,17H2,1H3,(H,29,33)(H,30,34). The van der Waals surface area contributed by atoms with Gasteiger partial charge in [0, 0.05) is 43.2 Å². The Bertz CT molecular complexity index is 1080. The molecule has 7 heteroatoms. The second-order valence-corrected chi connectivity index (χ2v) is 9.10.